The third-order valence-electron chi connectivity index (χ3n) is 5.87. The van der Waals surface area contributed by atoms with E-state index in [9.17, 15) is 13.2 Å². The minimum Gasteiger partial charge on any atom is -0.495 e. The van der Waals surface area contributed by atoms with Crippen molar-refractivity contribution in [1.29, 1.82) is 0 Å². The Bertz CT molecular complexity index is 1320. The number of carbonyl (C=O) groups excluding carboxylic acids is 1. The molecule has 0 spiro atoms. The average molecular weight is 508 g/mol. The molecule has 3 aromatic carbocycles. The van der Waals surface area contributed by atoms with Crippen molar-refractivity contribution in [3.8, 4) is 5.75 Å². The molecule has 0 fully saturated rings. The average Bonchev–Trinajstić information content (AvgIpc) is 2.86. The number of rotatable bonds is 10. The first-order chi connectivity index (χ1) is 17.0. The molecule has 0 aliphatic heterocycles. The number of amides is 1. The minimum atomic E-state index is -4.06. The molecule has 1 N–H and O–H groups in total. The molecule has 8 heteroatoms. The molecule has 0 heterocycles. The third-order valence-corrected chi connectivity index (χ3v) is 7.65. The Balaban J connectivity index is 1.84. The molecule has 3 rings (SSSR count). The van der Waals surface area contributed by atoms with Crippen LogP contribution in [0.2, 0.25) is 0 Å². The summed E-state index contributed by atoms with van der Waals surface area (Å²) in [4.78, 5) is 13.0. The Hall–Kier alpha value is -3.65. The standard InChI is InChI=1S/C28H33N3O4S/c1-21-15-17-24(18-16-21)36(33,34)31(25-13-9-10-14-26(25)35-5)20-27(32)30-29-22(2)19-28(3,4)23-11-7-6-8-12-23/h6-18H,19-20H2,1-5H3,(H,30,32)/b29-22+. The Morgan fingerprint density at radius 3 is 2.22 bits per heavy atom. The SMILES string of the molecule is COc1ccccc1N(CC(=O)N/N=C(\C)CC(C)(C)c1ccccc1)S(=O)(=O)c1ccc(C)cc1. The molecule has 0 saturated heterocycles. The van der Waals surface area contributed by atoms with Crippen LogP contribution in [0.5, 0.6) is 5.75 Å². The number of methoxy groups -OCH3 is 1. The van der Waals surface area contributed by atoms with Crippen LogP contribution in [0.4, 0.5) is 5.69 Å². The van der Waals surface area contributed by atoms with E-state index >= 15 is 0 Å². The van der Waals surface area contributed by atoms with Crippen molar-refractivity contribution >= 4 is 27.3 Å². The normalized spacial score (nSPS) is 12.2. The minimum absolute atomic E-state index is 0.0797. The lowest BCUT2D eigenvalue weighted by molar-refractivity contribution is -0.119. The molecule has 1 amide bonds. The quantitative estimate of drug-likeness (QED) is 0.307. The van der Waals surface area contributed by atoms with Gasteiger partial charge in [0.25, 0.3) is 15.9 Å². The highest BCUT2D eigenvalue weighted by Crippen LogP contribution is 2.32. The van der Waals surface area contributed by atoms with Crippen LogP contribution in [0.3, 0.4) is 0 Å². The van der Waals surface area contributed by atoms with E-state index in [4.69, 9.17) is 4.74 Å². The molecule has 36 heavy (non-hydrogen) atoms. The fourth-order valence-corrected chi connectivity index (χ4v) is 5.40. The van der Waals surface area contributed by atoms with Crippen molar-refractivity contribution in [1.82, 2.24) is 5.43 Å². The van der Waals surface area contributed by atoms with Gasteiger partial charge in [0.2, 0.25) is 0 Å². The molecule has 0 saturated carbocycles. The number of hydrogen-bond acceptors (Lipinski definition) is 5. The van der Waals surface area contributed by atoms with Gasteiger partial charge in [0, 0.05) is 5.71 Å². The van der Waals surface area contributed by atoms with Crippen molar-refractivity contribution in [2.24, 2.45) is 5.10 Å². The van der Waals surface area contributed by atoms with Crippen molar-refractivity contribution < 1.29 is 17.9 Å². The predicted molar refractivity (Wildman–Crippen MR) is 144 cm³/mol. The fraction of sp³-hybridized carbons (Fsp3) is 0.286. The van der Waals surface area contributed by atoms with Gasteiger partial charge in [-0.2, -0.15) is 5.10 Å². The summed E-state index contributed by atoms with van der Waals surface area (Å²) in [7, 11) is -2.60. The van der Waals surface area contributed by atoms with Crippen molar-refractivity contribution in [3.05, 3.63) is 90.0 Å². The first-order valence-electron chi connectivity index (χ1n) is 11.6. The number of aryl methyl sites for hydroxylation is 1. The number of anilines is 1. The Labute approximate surface area is 213 Å². The zero-order valence-electron chi connectivity index (χ0n) is 21.4. The van der Waals surface area contributed by atoms with Crippen LogP contribution in [0.1, 0.15) is 38.3 Å². The highest BCUT2D eigenvalue weighted by Gasteiger charge is 2.29. The van der Waals surface area contributed by atoms with Crippen LogP contribution in [0, 0.1) is 6.92 Å². The maximum atomic E-state index is 13.6. The summed E-state index contributed by atoms with van der Waals surface area (Å²) < 4.78 is 33.6. The second-order valence-electron chi connectivity index (χ2n) is 9.31. The number of hydrogen-bond donors (Lipinski definition) is 1. The number of nitrogens with one attached hydrogen (secondary N) is 1. The highest BCUT2D eigenvalue weighted by molar-refractivity contribution is 7.92. The predicted octanol–water partition coefficient (Wildman–Crippen LogP) is 5.06. The lowest BCUT2D eigenvalue weighted by Gasteiger charge is -2.26. The Kier molecular flexibility index (Phi) is 8.53. The molecule has 0 aliphatic rings. The van der Waals surface area contributed by atoms with Crippen LogP contribution in [-0.4, -0.2) is 33.7 Å². The summed E-state index contributed by atoms with van der Waals surface area (Å²) in [5.74, 6) is -0.223. The monoisotopic (exact) mass is 507 g/mol. The summed E-state index contributed by atoms with van der Waals surface area (Å²) in [6.07, 6.45) is 0.620. The lowest BCUT2D eigenvalue weighted by Crippen LogP contribution is -2.40. The van der Waals surface area contributed by atoms with Crippen LogP contribution in [-0.2, 0) is 20.2 Å². The van der Waals surface area contributed by atoms with Crippen molar-refractivity contribution in [3.63, 3.8) is 0 Å². The van der Waals surface area contributed by atoms with Gasteiger partial charge >= 0.3 is 0 Å². The third kappa shape index (κ3) is 6.51. The molecule has 0 aliphatic carbocycles. The van der Waals surface area contributed by atoms with E-state index in [0.717, 1.165) is 21.1 Å². The molecule has 0 bridgehead atoms. The molecule has 3 aromatic rings. The number of hydrazone groups is 1. The zero-order chi connectivity index (χ0) is 26.3. The van der Waals surface area contributed by atoms with Gasteiger partial charge in [0.05, 0.1) is 17.7 Å². The summed E-state index contributed by atoms with van der Waals surface area (Å²) in [6.45, 7) is 7.48. The topological polar surface area (TPSA) is 88.1 Å². The van der Waals surface area contributed by atoms with E-state index in [2.05, 4.69) is 36.5 Å². The maximum Gasteiger partial charge on any atom is 0.264 e. The largest absolute Gasteiger partial charge is 0.495 e. The van der Waals surface area contributed by atoms with Crippen molar-refractivity contribution in [2.75, 3.05) is 18.0 Å². The summed E-state index contributed by atoms with van der Waals surface area (Å²) in [5, 5.41) is 4.25. The first-order valence-corrected chi connectivity index (χ1v) is 13.1. The number of para-hydroxylation sites is 2. The summed E-state index contributed by atoms with van der Waals surface area (Å²) in [5.41, 5.74) is 5.43. The number of sulfonamides is 1. The van der Waals surface area contributed by atoms with E-state index in [-0.39, 0.29) is 16.0 Å². The molecule has 0 atom stereocenters. The van der Waals surface area contributed by atoms with Gasteiger partial charge in [-0.3, -0.25) is 9.10 Å². The van der Waals surface area contributed by atoms with E-state index in [1.807, 2.05) is 32.0 Å². The van der Waals surface area contributed by atoms with Crippen LogP contribution in [0.25, 0.3) is 0 Å². The van der Waals surface area contributed by atoms with Crippen LogP contribution >= 0.6 is 0 Å². The molecule has 190 valence electrons. The zero-order valence-corrected chi connectivity index (χ0v) is 22.2. The van der Waals surface area contributed by atoms with Crippen LogP contribution in [0.15, 0.2) is 88.9 Å². The number of carbonyl (C=O) groups is 1. The second-order valence-corrected chi connectivity index (χ2v) is 11.2. The van der Waals surface area contributed by atoms with E-state index < -0.39 is 22.5 Å². The Morgan fingerprint density at radius 1 is 0.972 bits per heavy atom. The summed E-state index contributed by atoms with van der Waals surface area (Å²) >= 11 is 0. The molecule has 0 radical (unpaired) electrons. The smallest absolute Gasteiger partial charge is 0.264 e. The number of benzene rings is 3. The molecule has 7 nitrogen and oxygen atoms in total. The van der Waals surface area contributed by atoms with E-state index in [1.165, 1.54) is 19.2 Å². The lowest BCUT2D eigenvalue weighted by atomic mass is 9.80. The van der Waals surface area contributed by atoms with E-state index in [0.29, 0.717) is 12.2 Å². The highest BCUT2D eigenvalue weighted by atomic mass is 32.2. The van der Waals surface area contributed by atoms with E-state index in [1.54, 1.807) is 36.4 Å². The number of ether oxygens (including phenoxy) is 1. The number of nitrogens with zero attached hydrogens (tertiary/aromatic N) is 2. The molecule has 0 unspecified atom stereocenters. The van der Waals surface area contributed by atoms with Gasteiger partial charge in [-0.25, -0.2) is 13.8 Å². The second kappa shape index (κ2) is 11.4. The molecule has 0 aromatic heterocycles. The van der Waals surface area contributed by atoms with Gasteiger partial charge in [-0.1, -0.05) is 74.0 Å². The van der Waals surface area contributed by atoms with Gasteiger partial charge in [0.1, 0.15) is 12.3 Å². The maximum absolute atomic E-state index is 13.6. The summed E-state index contributed by atoms with van der Waals surface area (Å²) in [6, 6.07) is 23.3. The van der Waals surface area contributed by atoms with Gasteiger partial charge < -0.3 is 4.74 Å². The van der Waals surface area contributed by atoms with Crippen LogP contribution < -0.4 is 14.5 Å². The first kappa shape index (κ1) is 26.9. The van der Waals surface area contributed by atoms with Gasteiger partial charge in [0.15, 0.2) is 0 Å². The van der Waals surface area contributed by atoms with Crippen molar-refractivity contribution in [2.45, 2.75) is 44.4 Å². The molecular formula is C28H33N3O4S. The fourth-order valence-electron chi connectivity index (χ4n) is 3.97. The van der Waals surface area contributed by atoms with Gasteiger partial charge in [-0.05, 0) is 55.5 Å². The van der Waals surface area contributed by atoms with Gasteiger partial charge in [-0.15, -0.1) is 0 Å². The molecular weight excluding hydrogens is 474 g/mol. The Morgan fingerprint density at radius 2 is 1.58 bits per heavy atom.